The highest BCUT2D eigenvalue weighted by atomic mass is 127. The molecule has 0 fully saturated rings. The summed E-state index contributed by atoms with van der Waals surface area (Å²) in [5.41, 5.74) is 6.15. The van der Waals surface area contributed by atoms with Gasteiger partial charge in [0.25, 0.3) is 0 Å². The largest absolute Gasteiger partial charge is 0.488 e. The average molecular weight is 1020 g/mol. The van der Waals surface area contributed by atoms with Gasteiger partial charge in [0.05, 0.1) is 0 Å². The molecule has 0 saturated carbocycles. The zero-order chi connectivity index (χ0) is 40.9. The SMILES string of the molecule is Brc1cccc(-c2ccc3c(c2)oc2c4ccccc4c4ccccc4c32)c1.Brc1cccc(I)c1.OB(O)c1ccc2c(c1)oc1c3ccccc3c3ccccc3c21.[3HH]. The lowest BCUT2D eigenvalue weighted by Gasteiger charge is -2.06. The molecule has 8 heteroatoms. The number of halogens is 3. The van der Waals surface area contributed by atoms with Crippen molar-refractivity contribution in [2.75, 3.05) is 0 Å². The van der Waals surface area contributed by atoms with E-state index in [2.05, 4.69) is 176 Å². The Bertz CT molecular complexity index is 3590. The molecule has 0 unspecified atom stereocenters. The lowest BCUT2D eigenvalue weighted by molar-refractivity contribution is 0.425. The van der Waals surface area contributed by atoms with Gasteiger partial charge in [0.2, 0.25) is 0 Å². The van der Waals surface area contributed by atoms with Gasteiger partial charge in [0, 0.05) is 46.3 Å². The molecular formula is C52H34BBr2IO4. The molecular weight excluding hydrogens is 986 g/mol. The van der Waals surface area contributed by atoms with Crippen molar-refractivity contribution in [2.24, 2.45) is 0 Å². The van der Waals surface area contributed by atoms with E-state index in [0.717, 1.165) is 69.0 Å². The van der Waals surface area contributed by atoms with Crippen LogP contribution in [0.2, 0.25) is 0 Å². The molecule has 10 aromatic carbocycles. The van der Waals surface area contributed by atoms with Crippen molar-refractivity contribution in [1.29, 1.82) is 0 Å². The van der Waals surface area contributed by atoms with Gasteiger partial charge in [-0.2, -0.15) is 0 Å². The predicted molar refractivity (Wildman–Crippen MR) is 269 cm³/mol. The van der Waals surface area contributed by atoms with E-state index < -0.39 is 7.12 Å². The minimum absolute atomic E-state index is 0. The third-order valence-electron chi connectivity index (χ3n) is 11.0. The van der Waals surface area contributed by atoms with Gasteiger partial charge in [-0.05, 0) is 120 Å². The van der Waals surface area contributed by atoms with E-state index in [1.807, 2.05) is 48.5 Å². The zero-order valence-electron chi connectivity index (χ0n) is 31.7. The Kier molecular flexibility index (Phi) is 10.4. The number of benzene rings is 10. The minimum Gasteiger partial charge on any atom is -0.455 e. The van der Waals surface area contributed by atoms with Crippen molar-refractivity contribution in [2.45, 2.75) is 0 Å². The van der Waals surface area contributed by atoms with Gasteiger partial charge in [0.1, 0.15) is 22.3 Å². The molecule has 2 aromatic heterocycles. The molecule has 0 bridgehead atoms. The van der Waals surface area contributed by atoms with Crippen molar-refractivity contribution < 1.29 is 20.3 Å². The Hall–Kier alpha value is -5.49. The minimum atomic E-state index is -1.50. The van der Waals surface area contributed by atoms with Crippen LogP contribution in [0.25, 0.3) is 98.1 Å². The number of furan rings is 2. The summed E-state index contributed by atoms with van der Waals surface area (Å²) in [7, 11) is -1.50. The maximum Gasteiger partial charge on any atom is 0.488 e. The van der Waals surface area contributed by atoms with Gasteiger partial charge in [-0.25, -0.2) is 0 Å². The van der Waals surface area contributed by atoms with E-state index in [0.29, 0.717) is 11.0 Å². The van der Waals surface area contributed by atoms with Crippen molar-refractivity contribution >= 4 is 154 Å². The first-order chi connectivity index (χ1) is 29.3. The van der Waals surface area contributed by atoms with Gasteiger partial charge < -0.3 is 18.9 Å². The molecule has 60 heavy (non-hydrogen) atoms. The van der Waals surface area contributed by atoms with Crippen molar-refractivity contribution in [1.82, 2.24) is 0 Å². The third-order valence-corrected chi connectivity index (χ3v) is 12.6. The Labute approximate surface area is 377 Å². The lowest BCUT2D eigenvalue weighted by atomic mass is 9.80. The smallest absolute Gasteiger partial charge is 0.455 e. The molecule has 4 nitrogen and oxygen atoms in total. The number of rotatable bonds is 2. The first kappa shape index (κ1) is 38.7. The number of hydrogen-bond acceptors (Lipinski definition) is 4. The molecule has 290 valence electrons. The standard InChI is InChI=1S/C26H15BrO.C20H13BO3.C6H4BrI.H2/c27-18-7-5-6-16(14-18)17-12-13-23-24(15-17)28-26-22-11-4-2-9-20(22)19-8-1-3-10-21(19)25(23)26;22-21(23)12-9-10-17-18(11-12)24-20-16-8-4-2-6-14(16)13-5-1-3-7-15(13)19(17)20;7-5-2-1-3-6(8)4-5;/h1-15H;1-11,22-23H;1-4H;1H/i;;;1+2. The Morgan fingerprint density at radius 2 is 0.833 bits per heavy atom. The first-order valence-corrected chi connectivity index (χ1v) is 22.0. The Balaban J connectivity index is 0.000000132. The molecule has 0 atom stereocenters. The quantitative estimate of drug-likeness (QED) is 0.103. The zero-order valence-corrected chi connectivity index (χ0v) is 37.1. The third kappa shape index (κ3) is 7.06. The second-order valence-electron chi connectivity index (χ2n) is 14.6. The predicted octanol–water partition coefficient (Wildman–Crippen LogP) is 15.2. The number of hydrogen-bond donors (Lipinski definition) is 2. The van der Waals surface area contributed by atoms with Crippen molar-refractivity contribution in [3.8, 4) is 11.1 Å². The molecule has 12 aromatic rings. The van der Waals surface area contributed by atoms with Crippen LogP contribution in [-0.4, -0.2) is 17.2 Å². The molecule has 2 heterocycles. The van der Waals surface area contributed by atoms with Crippen LogP contribution in [0.1, 0.15) is 1.43 Å². The van der Waals surface area contributed by atoms with Gasteiger partial charge in [0.15, 0.2) is 0 Å². The summed E-state index contributed by atoms with van der Waals surface area (Å²) in [5, 5.41) is 32.7. The topological polar surface area (TPSA) is 66.7 Å². The summed E-state index contributed by atoms with van der Waals surface area (Å²) in [6.45, 7) is 0. The van der Waals surface area contributed by atoms with Crippen LogP contribution in [0.5, 0.6) is 0 Å². The molecule has 0 spiro atoms. The maximum absolute atomic E-state index is 9.42. The average Bonchev–Trinajstić information content (AvgIpc) is 3.86. The fourth-order valence-electron chi connectivity index (χ4n) is 8.30. The molecule has 0 radical (unpaired) electrons. The first-order valence-electron chi connectivity index (χ1n) is 19.4. The van der Waals surface area contributed by atoms with Crippen LogP contribution >= 0.6 is 54.5 Å². The summed E-state index contributed by atoms with van der Waals surface area (Å²) < 4.78 is 16.1. The van der Waals surface area contributed by atoms with Gasteiger partial charge in [-0.3, -0.25) is 0 Å². The Morgan fingerprint density at radius 3 is 1.32 bits per heavy atom. The van der Waals surface area contributed by atoms with E-state index in [9.17, 15) is 10.0 Å². The van der Waals surface area contributed by atoms with E-state index in [1.54, 1.807) is 12.1 Å². The van der Waals surface area contributed by atoms with Crippen LogP contribution in [0.15, 0.2) is 200 Å². The molecule has 2 N–H and O–H groups in total. The maximum atomic E-state index is 9.42. The summed E-state index contributed by atoms with van der Waals surface area (Å²) in [6.07, 6.45) is 0. The normalized spacial score (nSPS) is 11.4. The fourth-order valence-corrected chi connectivity index (χ4v) is 10.1. The van der Waals surface area contributed by atoms with Crippen LogP contribution < -0.4 is 5.46 Å². The van der Waals surface area contributed by atoms with Gasteiger partial charge >= 0.3 is 7.12 Å². The van der Waals surface area contributed by atoms with Crippen LogP contribution in [-0.2, 0) is 0 Å². The molecule has 0 aliphatic carbocycles. The van der Waals surface area contributed by atoms with Gasteiger partial charge in [-0.1, -0.05) is 165 Å². The van der Waals surface area contributed by atoms with Crippen LogP contribution in [0.3, 0.4) is 0 Å². The second kappa shape index (κ2) is 16.2. The summed E-state index contributed by atoms with van der Waals surface area (Å²) in [6, 6.07) is 62.0. The Morgan fingerprint density at radius 1 is 0.400 bits per heavy atom. The van der Waals surface area contributed by atoms with E-state index in [1.165, 1.54) is 36.1 Å². The van der Waals surface area contributed by atoms with E-state index in [-0.39, 0.29) is 1.43 Å². The summed E-state index contributed by atoms with van der Waals surface area (Å²) >= 11 is 9.20. The lowest BCUT2D eigenvalue weighted by Crippen LogP contribution is -2.29. The highest BCUT2D eigenvalue weighted by Gasteiger charge is 2.19. The summed E-state index contributed by atoms with van der Waals surface area (Å²) in [4.78, 5) is 0. The van der Waals surface area contributed by atoms with Crippen molar-refractivity contribution in [3.05, 3.63) is 195 Å². The second-order valence-corrected chi connectivity index (χ2v) is 17.7. The highest BCUT2D eigenvalue weighted by molar-refractivity contribution is 14.1. The van der Waals surface area contributed by atoms with Crippen molar-refractivity contribution in [3.63, 3.8) is 0 Å². The molecule has 0 amide bonds. The van der Waals surface area contributed by atoms with E-state index in [4.69, 9.17) is 8.83 Å². The molecule has 12 rings (SSSR count). The monoisotopic (exact) mass is 1020 g/mol. The van der Waals surface area contributed by atoms with E-state index >= 15 is 0 Å². The molecule has 0 saturated heterocycles. The fraction of sp³-hybridized carbons (Fsp3) is 0. The molecule has 0 aliphatic rings. The highest BCUT2D eigenvalue weighted by Crippen LogP contribution is 2.43. The van der Waals surface area contributed by atoms with Gasteiger partial charge in [-0.15, -0.1) is 0 Å². The van der Waals surface area contributed by atoms with Crippen LogP contribution in [0.4, 0.5) is 0 Å². The molecule has 0 aliphatic heterocycles. The summed E-state index contributed by atoms with van der Waals surface area (Å²) in [5.74, 6) is 0. The van der Waals surface area contributed by atoms with Crippen LogP contribution in [0, 0.1) is 3.57 Å². The number of fused-ring (bicyclic) bond motifs is 16.